The molecule has 2 rings (SSSR count). The summed E-state index contributed by atoms with van der Waals surface area (Å²) in [5.74, 6) is 0.132. The first-order chi connectivity index (χ1) is 8.16. The van der Waals surface area contributed by atoms with Gasteiger partial charge in [0.2, 0.25) is 20.0 Å². The first-order valence-corrected chi connectivity index (χ1v) is 8.13. The highest BCUT2D eigenvalue weighted by Crippen LogP contribution is 2.29. The minimum absolute atomic E-state index is 0.00550. The molecule has 7 nitrogen and oxygen atoms in total. The van der Waals surface area contributed by atoms with E-state index in [9.17, 15) is 16.8 Å². The van der Waals surface area contributed by atoms with Gasteiger partial charge in [0, 0.05) is 12.1 Å². The Labute approximate surface area is 105 Å². The van der Waals surface area contributed by atoms with Crippen LogP contribution in [0, 0.1) is 0 Å². The zero-order chi connectivity index (χ0) is 13.6. The van der Waals surface area contributed by atoms with Gasteiger partial charge in [-0.15, -0.1) is 0 Å². The molecular weight excluding hydrogens is 280 g/mol. The van der Waals surface area contributed by atoms with Gasteiger partial charge in [0.25, 0.3) is 0 Å². The molecular formula is C9H12N2O5S2. The Kier molecular flexibility index (Phi) is 3.09. The standard InChI is InChI=1S/C9H12N2O5S2/c10-17(12,13)8-3-7(16-6-1-2-6)4-9(5-8)18(11,14)15/h3-6H,1-2H2,(H2,10,12,13)(H2,11,14,15). The Morgan fingerprint density at radius 1 is 0.944 bits per heavy atom. The monoisotopic (exact) mass is 292 g/mol. The van der Waals surface area contributed by atoms with E-state index in [2.05, 4.69) is 0 Å². The summed E-state index contributed by atoms with van der Waals surface area (Å²) in [6.07, 6.45) is 1.70. The van der Waals surface area contributed by atoms with E-state index in [0.29, 0.717) is 0 Å². The largest absolute Gasteiger partial charge is 0.490 e. The van der Waals surface area contributed by atoms with Crippen LogP contribution in [0.5, 0.6) is 5.75 Å². The van der Waals surface area contributed by atoms with Crippen molar-refractivity contribution in [2.45, 2.75) is 28.7 Å². The number of rotatable bonds is 4. The third kappa shape index (κ3) is 3.19. The van der Waals surface area contributed by atoms with Crippen molar-refractivity contribution in [3.8, 4) is 5.75 Å². The summed E-state index contributed by atoms with van der Waals surface area (Å²) in [6, 6.07) is 3.27. The van der Waals surface area contributed by atoms with Gasteiger partial charge < -0.3 is 4.74 Å². The van der Waals surface area contributed by atoms with Crippen LogP contribution in [0.2, 0.25) is 0 Å². The van der Waals surface area contributed by atoms with E-state index < -0.39 is 20.0 Å². The molecule has 0 heterocycles. The van der Waals surface area contributed by atoms with E-state index in [0.717, 1.165) is 18.9 Å². The van der Waals surface area contributed by atoms with Gasteiger partial charge in [0.15, 0.2) is 0 Å². The number of hydrogen-bond acceptors (Lipinski definition) is 5. The van der Waals surface area contributed by atoms with Crippen molar-refractivity contribution < 1.29 is 21.6 Å². The summed E-state index contributed by atoms with van der Waals surface area (Å²) in [5.41, 5.74) is 0. The smallest absolute Gasteiger partial charge is 0.238 e. The van der Waals surface area contributed by atoms with E-state index in [-0.39, 0.29) is 21.6 Å². The van der Waals surface area contributed by atoms with Crippen molar-refractivity contribution in [3.63, 3.8) is 0 Å². The average Bonchev–Trinajstić information content (AvgIpc) is 2.98. The highest BCUT2D eigenvalue weighted by molar-refractivity contribution is 7.90. The molecule has 4 N–H and O–H groups in total. The van der Waals surface area contributed by atoms with Gasteiger partial charge in [-0.1, -0.05) is 0 Å². The van der Waals surface area contributed by atoms with E-state index >= 15 is 0 Å². The molecule has 0 spiro atoms. The Hall–Kier alpha value is -1.16. The number of ether oxygens (including phenoxy) is 1. The van der Waals surface area contributed by atoms with Crippen LogP contribution in [0.1, 0.15) is 12.8 Å². The summed E-state index contributed by atoms with van der Waals surface area (Å²) in [4.78, 5) is -0.686. The summed E-state index contributed by atoms with van der Waals surface area (Å²) in [6.45, 7) is 0. The minimum Gasteiger partial charge on any atom is -0.490 e. The summed E-state index contributed by atoms with van der Waals surface area (Å²) in [7, 11) is -8.05. The van der Waals surface area contributed by atoms with Gasteiger partial charge >= 0.3 is 0 Å². The van der Waals surface area contributed by atoms with Crippen LogP contribution in [-0.2, 0) is 20.0 Å². The first kappa shape index (κ1) is 13.3. The normalized spacial score (nSPS) is 16.6. The lowest BCUT2D eigenvalue weighted by atomic mass is 10.3. The molecule has 0 radical (unpaired) electrons. The highest BCUT2D eigenvalue weighted by Gasteiger charge is 2.25. The molecule has 0 unspecified atom stereocenters. The molecule has 1 aliphatic carbocycles. The molecule has 0 saturated heterocycles. The molecule has 18 heavy (non-hydrogen) atoms. The van der Waals surface area contributed by atoms with Crippen molar-refractivity contribution in [1.82, 2.24) is 0 Å². The first-order valence-electron chi connectivity index (χ1n) is 5.03. The predicted octanol–water partition coefficient (Wildman–Crippen LogP) is -0.477. The lowest BCUT2D eigenvalue weighted by molar-refractivity contribution is 0.301. The maximum Gasteiger partial charge on any atom is 0.238 e. The summed E-state index contributed by atoms with van der Waals surface area (Å²) >= 11 is 0. The van der Waals surface area contributed by atoms with Gasteiger partial charge in [-0.25, -0.2) is 27.1 Å². The van der Waals surface area contributed by atoms with Gasteiger partial charge in [-0.05, 0) is 18.9 Å². The molecule has 0 amide bonds. The second kappa shape index (κ2) is 4.19. The Morgan fingerprint density at radius 2 is 1.39 bits per heavy atom. The molecule has 1 aliphatic rings. The fourth-order valence-electron chi connectivity index (χ4n) is 1.32. The molecule has 0 aliphatic heterocycles. The highest BCUT2D eigenvalue weighted by atomic mass is 32.2. The van der Waals surface area contributed by atoms with Crippen LogP contribution in [0.3, 0.4) is 0 Å². The Bertz CT molecular complexity index is 627. The fourth-order valence-corrected chi connectivity index (χ4v) is 2.54. The Morgan fingerprint density at radius 3 is 1.72 bits per heavy atom. The summed E-state index contributed by atoms with van der Waals surface area (Å²) < 4.78 is 50.4. The molecule has 0 aromatic heterocycles. The van der Waals surface area contributed by atoms with E-state index in [1.54, 1.807) is 0 Å². The van der Waals surface area contributed by atoms with Gasteiger partial charge in [-0.3, -0.25) is 0 Å². The topological polar surface area (TPSA) is 130 Å². The maximum atomic E-state index is 11.3. The van der Waals surface area contributed by atoms with Crippen molar-refractivity contribution in [3.05, 3.63) is 18.2 Å². The van der Waals surface area contributed by atoms with Crippen molar-refractivity contribution in [1.29, 1.82) is 0 Å². The Balaban J connectivity index is 2.54. The van der Waals surface area contributed by atoms with Crippen LogP contribution in [0.4, 0.5) is 0 Å². The summed E-state index contributed by atoms with van der Waals surface area (Å²) in [5, 5.41) is 9.93. The molecule has 0 atom stereocenters. The minimum atomic E-state index is -4.02. The molecule has 100 valence electrons. The second-order valence-corrected chi connectivity index (χ2v) is 7.17. The third-order valence-corrected chi connectivity index (χ3v) is 4.12. The lowest BCUT2D eigenvalue weighted by Gasteiger charge is -2.08. The van der Waals surface area contributed by atoms with E-state index in [1.165, 1.54) is 12.1 Å². The predicted molar refractivity (Wildman–Crippen MR) is 62.8 cm³/mol. The van der Waals surface area contributed by atoms with Crippen molar-refractivity contribution >= 4 is 20.0 Å². The third-order valence-electron chi connectivity index (χ3n) is 2.34. The lowest BCUT2D eigenvalue weighted by Crippen LogP contribution is -2.16. The van der Waals surface area contributed by atoms with Gasteiger partial charge in [0.05, 0.1) is 15.9 Å². The molecule has 9 heteroatoms. The number of hydrogen-bond donors (Lipinski definition) is 2. The zero-order valence-corrected chi connectivity index (χ0v) is 10.9. The number of primary sulfonamides is 2. The molecule has 1 aromatic rings. The zero-order valence-electron chi connectivity index (χ0n) is 9.24. The van der Waals surface area contributed by atoms with Gasteiger partial charge in [0.1, 0.15) is 5.75 Å². The maximum absolute atomic E-state index is 11.3. The number of nitrogens with two attached hydrogens (primary N) is 2. The SMILES string of the molecule is NS(=O)(=O)c1cc(OC2CC2)cc(S(N)(=O)=O)c1. The second-order valence-electron chi connectivity index (χ2n) is 4.05. The fraction of sp³-hybridized carbons (Fsp3) is 0.333. The van der Waals surface area contributed by atoms with Crippen LogP contribution < -0.4 is 15.0 Å². The van der Waals surface area contributed by atoms with Crippen LogP contribution >= 0.6 is 0 Å². The molecule has 0 bridgehead atoms. The number of sulfonamides is 2. The molecule has 1 fully saturated rings. The van der Waals surface area contributed by atoms with E-state index in [4.69, 9.17) is 15.0 Å². The quantitative estimate of drug-likeness (QED) is 0.774. The van der Waals surface area contributed by atoms with Gasteiger partial charge in [-0.2, -0.15) is 0 Å². The van der Waals surface area contributed by atoms with E-state index in [1.807, 2.05) is 0 Å². The van der Waals surface area contributed by atoms with Crippen LogP contribution in [-0.4, -0.2) is 22.9 Å². The average molecular weight is 292 g/mol. The number of benzene rings is 1. The molecule has 1 aromatic carbocycles. The molecule has 1 saturated carbocycles. The van der Waals surface area contributed by atoms with Crippen molar-refractivity contribution in [2.24, 2.45) is 10.3 Å². The van der Waals surface area contributed by atoms with Crippen LogP contribution in [0.15, 0.2) is 28.0 Å². The van der Waals surface area contributed by atoms with Crippen LogP contribution in [0.25, 0.3) is 0 Å². The van der Waals surface area contributed by atoms with Crippen molar-refractivity contribution in [2.75, 3.05) is 0 Å².